The van der Waals surface area contributed by atoms with Gasteiger partial charge in [-0.05, 0) is 62.8 Å². The summed E-state index contributed by atoms with van der Waals surface area (Å²) in [6.07, 6.45) is 4.38. The Morgan fingerprint density at radius 1 is 1.32 bits per heavy atom. The van der Waals surface area contributed by atoms with Gasteiger partial charge in [-0.2, -0.15) is 0 Å². The Morgan fingerprint density at radius 3 is 2.64 bits per heavy atom. The van der Waals surface area contributed by atoms with Crippen LogP contribution in [0.25, 0.3) is 0 Å². The number of phenolic OH excluding ortho intramolecular Hbond substituents is 1. The molecule has 0 radical (unpaired) electrons. The molecule has 0 saturated heterocycles. The summed E-state index contributed by atoms with van der Waals surface area (Å²) in [5, 5.41) is 20.2. The first-order chi connectivity index (χ1) is 10.3. The van der Waals surface area contributed by atoms with E-state index in [1.165, 1.54) is 6.07 Å². The number of carbonyl (C=O) groups excluding carboxylic acids is 1. The third-order valence-electron chi connectivity index (χ3n) is 3.97. The summed E-state index contributed by atoms with van der Waals surface area (Å²) in [5.41, 5.74) is 1.25. The van der Waals surface area contributed by atoms with Crippen LogP contribution in [0.3, 0.4) is 0 Å². The van der Waals surface area contributed by atoms with Crippen molar-refractivity contribution >= 4 is 17.9 Å². The van der Waals surface area contributed by atoms with Crippen LogP contribution >= 0.6 is 11.6 Å². The Labute approximate surface area is 135 Å². The summed E-state index contributed by atoms with van der Waals surface area (Å²) in [7, 11) is 0. The van der Waals surface area contributed by atoms with Gasteiger partial charge in [0.05, 0.1) is 16.2 Å². The van der Waals surface area contributed by atoms with Crippen molar-refractivity contribution in [3.63, 3.8) is 0 Å². The highest BCUT2D eigenvalue weighted by molar-refractivity contribution is 6.32. The molecule has 0 saturated carbocycles. The molecule has 1 aliphatic rings. The van der Waals surface area contributed by atoms with Crippen molar-refractivity contribution in [1.82, 2.24) is 0 Å². The molecular weight excluding hydrogens is 304 g/mol. The highest BCUT2D eigenvalue weighted by Gasteiger charge is 2.25. The molecule has 1 aromatic rings. The molecule has 0 fully saturated rings. The number of ether oxygens (including phenoxy) is 1. The second-order valence-electron chi connectivity index (χ2n) is 6.06. The maximum atomic E-state index is 11.1. The first-order valence-corrected chi connectivity index (χ1v) is 7.75. The molecule has 0 heterocycles. The van der Waals surface area contributed by atoms with Crippen molar-refractivity contribution < 1.29 is 19.7 Å². The first-order valence-electron chi connectivity index (χ1n) is 7.37. The van der Waals surface area contributed by atoms with Crippen LogP contribution < -0.4 is 4.74 Å². The van der Waals surface area contributed by atoms with E-state index in [2.05, 4.69) is 0 Å². The van der Waals surface area contributed by atoms with E-state index < -0.39 is 5.60 Å². The lowest BCUT2D eigenvalue weighted by Crippen LogP contribution is -2.27. The molecule has 2 rings (SSSR count). The van der Waals surface area contributed by atoms with Gasteiger partial charge in [-0.15, -0.1) is 0 Å². The van der Waals surface area contributed by atoms with Gasteiger partial charge in [-0.1, -0.05) is 11.6 Å². The van der Waals surface area contributed by atoms with Gasteiger partial charge in [0.1, 0.15) is 18.1 Å². The third-order valence-corrected chi connectivity index (χ3v) is 4.27. The smallest absolute Gasteiger partial charge is 0.157 e. The van der Waals surface area contributed by atoms with Crippen molar-refractivity contribution in [2.45, 2.75) is 45.1 Å². The Hall–Kier alpha value is -1.52. The molecule has 0 aromatic heterocycles. The van der Waals surface area contributed by atoms with Crippen molar-refractivity contribution in [2.24, 2.45) is 0 Å². The van der Waals surface area contributed by atoms with Gasteiger partial charge in [-0.3, -0.25) is 4.79 Å². The predicted molar refractivity (Wildman–Crippen MR) is 85.8 cm³/mol. The molecule has 120 valence electrons. The topological polar surface area (TPSA) is 66.8 Å². The van der Waals surface area contributed by atoms with Crippen LogP contribution in [0.4, 0.5) is 0 Å². The molecule has 0 atom stereocenters. The molecular formula is C17H21ClO4. The largest absolute Gasteiger partial charge is 0.505 e. The lowest BCUT2D eigenvalue weighted by molar-refractivity contribution is 0.109. The minimum atomic E-state index is -0.866. The molecule has 1 aromatic carbocycles. The highest BCUT2D eigenvalue weighted by Crippen LogP contribution is 2.35. The summed E-state index contributed by atoms with van der Waals surface area (Å²) in [6.45, 7) is 3.85. The maximum Gasteiger partial charge on any atom is 0.157 e. The zero-order chi connectivity index (χ0) is 16.3. The summed E-state index contributed by atoms with van der Waals surface area (Å²) in [4.78, 5) is 11.1. The van der Waals surface area contributed by atoms with E-state index in [1.54, 1.807) is 19.9 Å². The Bertz CT molecular complexity index is 599. The molecule has 0 bridgehead atoms. The molecule has 2 N–H and O–H groups in total. The van der Waals surface area contributed by atoms with E-state index >= 15 is 0 Å². The minimum Gasteiger partial charge on any atom is -0.505 e. The van der Waals surface area contributed by atoms with E-state index in [0.29, 0.717) is 18.6 Å². The predicted octanol–water partition coefficient (Wildman–Crippen LogP) is 3.88. The van der Waals surface area contributed by atoms with E-state index in [-0.39, 0.29) is 16.3 Å². The zero-order valence-electron chi connectivity index (χ0n) is 12.9. The number of aromatic hydroxyl groups is 1. The van der Waals surface area contributed by atoms with Crippen molar-refractivity contribution in [2.75, 3.05) is 6.61 Å². The zero-order valence-corrected chi connectivity index (χ0v) is 13.6. The average Bonchev–Trinajstić information content (AvgIpc) is 2.48. The molecule has 22 heavy (non-hydrogen) atoms. The van der Waals surface area contributed by atoms with Gasteiger partial charge in [0.15, 0.2) is 6.29 Å². The SMILES string of the molecule is CC(C)(O)C1=C(COc2ccc(Cl)c(O)c2C=O)CCCC1. The second-order valence-corrected chi connectivity index (χ2v) is 6.47. The molecule has 5 heteroatoms. The quantitative estimate of drug-likeness (QED) is 0.637. The van der Waals surface area contributed by atoms with E-state index in [9.17, 15) is 15.0 Å². The standard InChI is InChI=1S/C17H21ClO4/c1-17(2,21)13-6-4-3-5-11(13)10-22-15-8-7-14(18)16(20)12(15)9-19/h7-9,20-21H,3-6,10H2,1-2H3. The molecule has 1 aliphatic carbocycles. The van der Waals surface area contributed by atoms with E-state index in [1.807, 2.05) is 0 Å². The lowest BCUT2D eigenvalue weighted by atomic mass is 9.83. The number of benzene rings is 1. The second kappa shape index (κ2) is 6.71. The summed E-state index contributed by atoms with van der Waals surface area (Å²) in [5.74, 6) is 0.0274. The third kappa shape index (κ3) is 3.62. The normalized spacial score (nSPS) is 15.8. The molecule has 0 unspecified atom stereocenters. The minimum absolute atomic E-state index is 0.0497. The number of rotatable bonds is 5. The van der Waals surface area contributed by atoms with Crippen LogP contribution in [0, 0.1) is 0 Å². The van der Waals surface area contributed by atoms with Gasteiger partial charge in [0, 0.05) is 0 Å². The number of aliphatic hydroxyl groups is 1. The fourth-order valence-corrected chi connectivity index (χ4v) is 3.00. The van der Waals surface area contributed by atoms with E-state index in [0.717, 1.165) is 36.8 Å². The number of halogens is 1. The number of carbonyl (C=O) groups is 1. The average molecular weight is 325 g/mol. The fourth-order valence-electron chi connectivity index (χ4n) is 2.83. The first kappa shape index (κ1) is 16.8. The Morgan fingerprint density at radius 2 is 2.00 bits per heavy atom. The highest BCUT2D eigenvalue weighted by atomic mass is 35.5. The van der Waals surface area contributed by atoms with Crippen LogP contribution in [-0.4, -0.2) is 28.7 Å². The van der Waals surface area contributed by atoms with Gasteiger partial charge in [0.25, 0.3) is 0 Å². The van der Waals surface area contributed by atoms with Gasteiger partial charge in [-0.25, -0.2) is 0 Å². The van der Waals surface area contributed by atoms with E-state index in [4.69, 9.17) is 16.3 Å². The number of aldehydes is 1. The van der Waals surface area contributed by atoms with Crippen molar-refractivity contribution in [3.8, 4) is 11.5 Å². The summed E-state index contributed by atoms with van der Waals surface area (Å²) < 4.78 is 5.71. The van der Waals surface area contributed by atoms with Crippen LogP contribution in [0.15, 0.2) is 23.3 Å². The van der Waals surface area contributed by atoms with Crippen molar-refractivity contribution in [1.29, 1.82) is 0 Å². The summed E-state index contributed by atoms with van der Waals surface area (Å²) >= 11 is 5.79. The van der Waals surface area contributed by atoms with Gasteiger partial charge < -0.3 is 14.9 Å². The summed E-state index contributed by atoms with van der Waals surface area (Å²) in [6, 6.07) is 3.06. The fraction of sp³-hybridized carbons (Fsp3) is 0.471. The molecule has 0 spiro atoms. The van der Waals surface area contributed by atoms with Crippen LogP contribution in [0.1, 0.15) is 49.9 Å². The maximum absolute atomic E-state index is 11.1. The van der Waals surface area contributed by atoms with Gasteiger partial charge >= 0.3 is 0 Å². The van der Waals surface area contributed by atoms with Crippen LogP contribution in [0.5, 0.6) is 11.5 Å². The number of phenols is 1. The van der Waals surface area contributed by atoms with Crippen LogP contribution in [-0.2, 0) is 0 Å². The number of hydrogen-bond donors (Lipinski definition) is 2. The molecule has 0 amide bonds. The lowest BCUT2D eigenvalue weighted by Gasteiger charge is -2.29. The van der Waals surface area contributed by atoms with Gasteiger partial charge in [0.2, 0.25) is 0 Å². The monoisotopic (exact) mass is 324 g/mol. The molecule has 4 nitrogen and oxygen atoms in total. The van der Waals surface area contributed by atoms with Crippen LogP contribution in [0.2, 0.25) is 5.02 Å². The Kier molecular flexibility index (Phi) is 5.14. The van der Waals surface area contributed by atoms with Crippen molar-refractivity contribution in [3.05, 3.63) is 33.9 Å². The number of hydrogen-bond acceptors (Lipinski definition) is 4. The molecule has 0 aliphatic heterocycles. The Balaban J connectivity index is 2.24.